The Balaban J connectivity index is 1.77. The van der Waals surface area contributed by atoms with Crippen molar-refractivity contribution in [2.24, 2.45) is 5.92 Å². The van der Waals surface area contributed by atoms with Crippen molar-refractivity contribution in [1.29, 1.82) is 0 Å². The Bertz CT molecular complexity index is 481. The van der Waals surface area contributed by atoms with Gasteiger partial charge in [-0.1, -0.05) is 43.2 Å². The van der Waals surface area contributed by atoms with Crippen LogP contribution in [0.5, 0.6) is 0 Å². The largest absolute Gasteiger partial charge is 0.388 e. The van der Waals surface area contributed by atoms with E-state index in [1.54, 1.807) is 0 Å². The van der Waals surface area contributed by atoms with Gasteiger partial charge in [0.15, 0.2) is 0 Å². The number of aliphatic hydroxyl groups excluding tert-OH is 1. The summed E-state index contributed by atoms with van der Waals surface area (Å²) in [6.07, 6.45) is 3.58. The summed E-state index contributed by atoms with van der Waals surface area (Å²) >= 11 is 0. The number of likely N-dealkylation sites (N-methyl/N-ethyl adjacent to an activating group) is 1. The van der Waals surface area contributed by atoms with Gasteiger partial charge in [-0.05, 0) is 31.4 Å². The molecule has 0 bridgehead atoms. The molecule has 128 valence electrons. The van der Waals surface area contributed by atoms with E-state index >= 15 is 0 Å². The van der Waals surface area contributed by atoms with Crippen molar-refractivity contribution in [3.05, 3.63) is 35.9 Å². The van der Waals surface area contributed by atoms with Gasteiger partial charge in [-0.15, -0.1) is 0 Å². The minimum atomic E-state index is -1.12. The summed E-state index contributed by atoms with van der Waals surface area (Å²) in [6, 6.07) is 9.80. The van der Waals surface area contributed by atoms with Crippen molar-refractivity contribution in [2.45, 2.75) is 37.4 Å². The highest BCUT2D eigenvalue weighted by atomic mass is 16.3. The van der Waals surface area contributed by atoms with E-state index in [-0.39, 0.29) is 5.92 Å². The van der Waals surface area contributed by atoms with E-state index in [0.717, 1.165) is 57.4 Å². The van der Waals surface area contributed by atoms with Gasteiger partial charge < -0.3 is 15.1 Å². The van der Waals surface area contributed by atoms with Crippen LogP contribution in [0.15, 0.2) is 30.3 Å². The maximum atomic E-state index is 11.5. The van der Waals surface area contributed by atoms with Crippen molar-refractivity contribution < 1.29 is 10.2 Å². The molecule has 0 spiro atoms. The summed E-state index contributed by atoms with van der Waals surface area (Å²) in [6.45, 7) is 4.53. The molecule has 2 unspecified atom stereocenters. The van der Waals surface area contributed by atoms with E-state index in [1.807, 2.05) is 30.3 Å². The highest BCUT2D eigenvalue weighted by molar-refractivity contribution is 5.25. The Labute approximate surface area is 139 Å². The number of piperazine rings is 1. The minimum Gasteiger partial charge on any atom is -0.388 e. The molecule has 1 aliphatic carbocycles. The van der Waals surface area contributed by atoms with Crippen molar-refractivity contribution in [3.8, 4) is 0 Å². The molecule has 2 fully saturated rings. The number of aliphatic hydroxyl groups is 2. The van der Waals surface area contributed by atoms with Crippen LogP contribution in [0.1, 0.15) is 31.2 Å². The van der Waals surface area contributed by atoms with E-state index in [9.17, 15) is 10.2 Å². The molecule has 2 N–H and O–H groups in total. The fraction of sp³-hybridized carbons (Fsp3) is 0.684. The fourth-order valence-corrected chi connectivity index (χ4v) is 4.19. The summed E-state index contributed by atoms with van der Waals surface area (Å²) in [5, 5.41) is 22.5. The summed E-state index contributed by atoms with van der Waals surface area (Å²) in [5.74, 6) is 0.160. The van der Waals surface area contributed by atoms with Crippen LogP contribution in [0.2, 0.25) is 0 Å². The first-order valence-electron chi connectivity index (χ1n) is 8.97. The SMILES string of the molecule is CN1CCN(CC(O)C(O)(c2ccccc2)C2CCCC2)CC1. The predicted molar refractivity (Wildman–Crippen MR) is 92.2 cm³/mol. The lowest BCUT2D eigenvalue weighted by Crippen LogP contribution is -2.54. The highest BCUT2D eigenvalue weighted by Crippen LogP contribution is 2.43. The Hall–Kier alpha value is -0.940. The second-order valence-corrected chi connectivity index (χ2v) is 7.29. The van der Waals surface area contributed by atoms with Crippen LogP contribution >= 0.6 is 0 Å². The van der Waals surface area contributed by atoms with Gasteiger partial charge in [0.05, 0.1) is 6.10 Å². The van der Waals surface area contributed by atoms with Crippen LogP contribution < -0.4 is 0 Å². The number of benzene rings is 1. The average molecular weight is 318 g/mol. The molecule has 0 radical (unpaired) electrons. The smallest absolute Gasteiger partial charge is 0.119 e. The third kappa shape index (κ3) is 3.61. The van der Waals surface area contributed by atoms with Crippen LogP contribution in [0.4, 0.5) is 0 Å². The van der Waals surface area contributed by atoms with E-state index in [2.05, 4.69) is 16.8 Å². The Morgan fingerprint density at radius 1 is 1.09 bits per heavy atom. The molecule has 1 saturated heterocycles. The van der Waals surface area contributed by atoms with Crippen LogP contribution in [-0.2, 0) is 5.60 Å². The van der Waals surface area contributed by atoms with Gasteiger partial charge in [0.25, 0.3) is 0 Å². The van der Waals surface area contributed by atoms with E-state index < -0.39 is 11.7 Å². The van der Waals surface area contributed by atoms with Crippen molar-refractivity contribution in [3.63, 3.8) is 0 Å². The van der Waals surface area contributed by atoms with Gasteiger partial charge in [0.2, 0.25) is 0 Å². The Kier molecular flexibility index (Phi) is 5.37. The Morgan fingerprint density at radius 2 is 1.70 bits per heavy atom. The van der Waals surface area contributed by atoms with Gasteiger partial charge in [-0.2, -0.15) is 0 Å². The molecular weight excluding hydrogens is 288 g/mol. The van der Waals surface area contributed by atoms with E-state index in [1.165, 1.54) is 0 Å². The first kappa shape index (κ1) is 16.9. The normalized spacial score (nSPS) is 25.3. The molecule has 2 aliphatic rings. The summed E-state index contributed by atoms with van der Waals surface area (Å²) in [7, 11) is 2.13. The molecule has 0 amide bonds. The van der Waals surface area contributed by atoms with Gasteiger partial charge in [0.1, 0.15) is 5.60 Å². The number of hydrogen-bond acceptors (Lipinski definition) is 4. The van der Waals surface area contributed by atoms with Crippen LogP contribution in [-0.4, -0.2) is 65.9 Å². The zero-order valence-electron chi connectivity index (χ0n) is 14.2. The number of β-amino-alcohol motifs (C(OH)–C–C–N with tert-alkyl or cyclic N) is 1. The van der Waals surface area contributed by atoms with Crippen molar-refractivity contribution in [2.75, 3.05) is 39.8 Å². The zero-order chi connectivity index (χ0) is 16.3. The molecule has 1 aromatic rings. The van der Waals surface area contributed by atoms with E-state index in [0.29, 0.717) is 6.54 Å². The number of hydrogen-bond donors (Lipinski definition) is 2. The first-order valence-corrected chi connectivity index (χ1v) is 8.97. The minimum absolute atomic E-state index is 0.160. The molecule has 1 heterocycles. The second kappa shape index (κ2) is 7.31. The number of nitrogens with zero attached hydrogens (tertiary/aromatic N) is 2. The standard InChI is InChI=1S/C19H30N2O2/c1-20-11-13-21(14-12-20)15-18(22)19(23,17-9-5-6-10-17)16-7-3-2-4-8-16/h2-4,7-8,17-18,22-23H,5-6,9-15H2,1H3. The predicted octanol–water partition coefficient (Wildman–Crippen LogP) is 1.67. The van der Waals surface area contributed by atoms with Crippen LogP contribution in [0.25, 0.3) is 0 Å². The van der Waals surface area contributed by atoms with Gasteiger partial charge in [-0.3, -0.25) is 4.90 Å². The van der Waals surface area contributed by atoms with Crippen LogP contribution in [0.3, 0.4) is 0 Å². The lowest BCUT2D eigenvalue weighted by molar-refractivity contribution is -0.129. The average Bonchev–Trinajstić information content (AvgIpc) is 3.12. The van der Waals surface area contributed by atoms with Gasteiger partial charge in [0, 0.05) is 32.7 Å². The highest BCUT2D eigenvalue weighted by Gasteiger charge is 2.46. The molecule has 1 saturated carbocycles. The molecule has 3 rings (SSSR count). The molecular formula is C19H30N2O2. The molecule has 4 heteroatoms. The topological polar surface area (TPSA) is 46.9 Å². The Morgan fingerprint density at radius 3 is 2.30 bits per heavy atom. The summed E-state index contributed by atoms with van der Waals surface area (Å²) in [4.78, 5) is 4.59. The summed E-state index contributed by atoms with van der Waals surface area (Å²) < 4.78 is 0. The van der Waals surface area contributed by atoms with Crippen LogP contribution in [0, 0.1) is 5.92 Å². The molecule has 1 aliphatic heterocycles. The first-order chi connectivity index (χ1) is 11.1. The van der Waals surface area contributed by atoms with Crippen molar-refractivity contribution in [1.82, 2.24) is 9.80 Å². The molecule has 1 aromatic carbocycles. The molecule has 23 heavy (non-hydrogen) atoms. The zero-order valence-corrected chi connectivity index (χ0v) is 14.2. The lowest BCUT2D eigenvalue weighted by Gasteiger charge is -2.42. The third-order valence-corrected chi connectivity index (χ3v) is 5.75. The quantitative estimate of drug-likeness (QED) is 0.867. The van der Waals surface area contributed by atoms with Gasteiger partial charge in [-0.25, -0.2) is 0 Å². The third-order valence-electron chi connectivity index (χ3n) is 5.75. The second-order valence-electron chi connectivity index (χ2n) is 7.29. The van der Waals surface area contributed by atoms with Crippen molar-refractivity contribution >= 4 is 0 Å². The monoisotopic (exact) mass is 318 g/mol. The summed E-state index contributed by atoms with van der Waals surface area (Å²) in [5.41, 5.74) is -0.255. The maximum Gasteiger partial charge on any atom is 0.119 e. The van der Waals surface area contributed by atoms with Gasteiger partial charge >= 0.3 is 0 Å². The molecule has 4 nitrogen and oxygen atoms in total. The molecule has 2 atom stereocenters. The fourth-order valence-electron chi connectivity index (χ4n) is 4.19. The van der Waals surface area contributed by atoms with E-state index in [4.69, 9.17) is 0 Å². The number of rotatable bonds is 5. The lowest BCUT2D eigenvalue weighted by atomic mass is 9.76. The molecule has 0 aromatic heterocycles. The maximum absolute atomic E-state index is 11.5.